The smallest absolute Gasteiger partial charge is 0.231 e. The number of nitrogens with zero attached hydrogens (tertiary/aromatic N) is 3. The van der Waals surface area contributed by atoms with E-state index in [2.05, 4.69) is 20.6 Å². The monoisotopic (exact) mass is 220 g/mol. The number of hydrogen-bond donors (Lipinski definition) is 5. The van der Waals surface area contributed by atoms with E-state index in [1.807, 2.05) is 0 Å². The Bertz CT molecular complexity index is 435. The van der Waals surface area contributed by atoms with Crippen molar-refractivity contribution in [1.82, 2.24) is 10.4 Å². The van der Waals surface area contributed by atoms with E-state index in [4.69, 9.17) is 22.7 Å². The Balaban J connectivity index is 2.74. The quantitative estimate of drug-likeness (QED) is 0.181. The highest BCUT2D eigenvalue weighted by atomic mass is 15.4. The molecule has 0 saturated heterocycles. The third-order valence-electron chi connectivity index (χ3n) is 1.56. The molecular weight excluding hydrogens is 208 g/mol. The Morgan fingerprint density at radius 2 is 2.19 bits per heavy atom. The summed E-state index contributed by atoms with van der Waals surface area (Å²) < 4.78 is 0. The maximum atomic E-state index is 7.21. The Morgan fingerprint density at radius 1 is 1.44 bits per heavy atom. The van der Waals surface area contributed by atoms with Gasteiger partial charge in [0, 0.05) is 0 Å². The Labute approximate surface area is 91.7 Å². The summed E-state index contributed by atoms with van der Waals surface area (Å²) in [6.07, 6.45) is 1.41. The van der Waals surface area contributed by atoms with E-state index in [0.717, 1.165) is 0 Å². The van der Waals surface area contributed by atoms with Crippen LogP contribution in [0.4, 0.5) is 0 Å². The van der Waals surface area contributed by atoms with Crippen molar-refractivity contribution in [3.63, 3.8) is 0 Å². The predicted molar refractivity (Wildman–Crippen MR) is 61.8 cm³/mol. The minimum absolute atomic E-state index is 0.0148. The fourth-order valence-electron chi connectivity index (χ4n) is 0.867. The summed E-state index contributed by atoms with van der Waals surface area (Å²) in [5, 5.41) is 14.1. The molecule has 84 valence electrons. The number of hydrogen-bond acceptors (Lipinski definition) is 5. The maximum Gasteiger partial charge on any atom is 0.231 e. The SMILES string of the molecule is N=C(N)c1cccc(/C=N/N/C(N)=N/N)n1. The second-order valence-corrected chi connectivity index (χ2v) is 2.75. The summed E-state index contributed by atoms with van der Waals surface area (Å²) in [7, 11) is 0. The molecule has 8 nitrogen and oxygen atoms in total. The molecule has 0 aliphatic heterocycles. The maximum absolute atomic E-state index is 7.21. The van der Waals surface area contributed by atoms with Crippen LogP contribution in [-0.4, -0.2) is 23.0 Å². The van der Waals surface area contributed by atoms with Crippen molar-refractivity contribution in [2.24, 2.45) is 27.5 Å². The average Bonchev–Trinajstić information content (AvgIpc) is 2.29. The number of nitrogens with one attached hydrogen (secondary N) is 2. The minimum Gasteiger partial charge on any atom is -0.382 e. The van der Waals surface area contributed by atoms with E-state index in [1.54, 1.807) is 18.2 Å². The molecule has 0 spiro atoms. The molecule has 0 aliphatic carbocycles. The zero-order valence-electron chi connectivity index (χ0n) is 8.38. The van der Waals surface area contributed by atoms with Crippen molar-refractivity contribution in [1.29, 1.82) is 5.41 Å². The number of nitrogen functional groups attached to an aromatic ring is 1. The molecule has 1 rings (SSSR count). The summed E-state index contributed by atoms with van der Waals surface area (Å²) in [4.78, 5) is 4.04. The van der Waals surface area contributed by atoms with Crippen molar-refractivity contribution in [2.75, 3.05) is 0 Å². The number of nitrogens with two attached hydrogens (primary N) is 3. The van der Waals surface area contributed by atoms with Gasteiger partial charge >= 0.3 is 0 Å². The zero-order valence-corrected chi connectivity index (χ0v) is 8.38. The molecule has 0 bridgehead atoms. The molecule has 0 atom stereocenters. The standard InChI is InChI=1S/C8H12N8/c9-7(10)6-3-1-2-5(14-6)4-13-16-8(11)15-12/h1-4H,12H2,(H3,9,10)(H3,11,15,16)/b13-4+. The predicted octanol–water partition coefficient (Wildman–Crippen LogP) is -1.52. The van der Waals surface area contributed by atoms with Crippen LogP contribution in [0, 0.1) is 5.41 Å². The first-order chi connectivity index (χ1) is 7.63. The van der Waals surface area contributed by atoms with Crippen molar-refractivity contribution >= 4 is 18.0 Å². The van der Waals surface area contributed by atoms with Crippen LogP contribution in [0.1, 0.15) is 11.4 Å². The molecular formula is C8H12N8. The first kappa shape index (κ1) is 11.4. The molecule has 0 fully saturated rings. The summed E-state index contributed by atoms with van der Waals surface area (Å²) in [5.74, 6) is 4.76. The molecule has 8 heteroatoms. The minimum atomic E-state index is -0.105. The zero-order chi connectivity index (χ0) is 12.0. The molecule has 16 heavy (non-hydrogen) atoms. The third kappa shape index (κ3) is 3.25. The summed E-state index contributed by atoms with van der Waals surface area (Å²) in [6, 6.07) is 5.04. The van der Waals surface area contributed by atoms with Gasteiger partial charge in [-0.05, 0) is 12.1 Å². The van der Waals surface area contributed by atoms with Gasteiger partial charge in [-0.25, -0.2) is 10.4 Å². The van der Waals surface area contributed by atoms with E-state index in [-0.39, 0.29) is 11.8 Å². The van der Waals surface area contributed by atoms with Gasteiger partial charge in [0.1, 0.15) is 11.5 Å². The van der Waals surface area contributed by atoms with Crippen molar-refractivity contribution in [3.8, 4) is 0 Å². The van der Waals surface area contributed by atoms with Gasteiger partial charge in [-0.15, -0.1) is 5.10 Å². The second-order valence-electron chi connectivity index (χ2n) is 2.75. The largest absolute Gasteiger partial charge is 0.382 e. The molecule has 1 heterocycles. The first-order valence-corrected chi connectivity index (χ1v) is 4.27. The topological polar surface area (TPSA) is 152 Å². The van der Waals surface area contributed by atoms with Gasteiger partial charge in [-0.1, -0.05) is 6.07 Å². The molecule has 0 aliphatic rings. The lowest BCUT2D eigenvalue weighted by Crippen LogP contribution is -2.28. The van der Waals surface area contributed by atoms with Crippen LogP contribution in [0.15, 0.2) is 28.4 Å². The molecule has 0 amide bonds. The van der Waals surface area contributed by atoms with Crippen LogP contribution < -0.4 is 22.7 Å². The van der Waals surface area contributed by atoms with Gasteiger partial charge in [-0.2, -0.15) is 5.10 Å². The highest BCUT2D eigenvalue weighted by Gasteiger charge is 1.97. The van der Waals surface area contributed by atoms with E-state index in [0.29, 0.717) is 11.4 Å². The Kier molecular flexibility index (Phi) is 3.78. The second kappa shape index (κ2) is 5.29. The van der Waals surface area contributed by atoms with E-state index in [1.165, 1.54) is 6.21 Å². The summed E-state index contributed by atoms with van der Waals surface area (Å²) >= 11 is 0. The normalized spacial score (nSPS) is 11.6. The third-order valence-corrected chi connectivity index (χ3v) is 1.56. The molecule has 0 radical (unpaired) electrons. The molecule has 1 aromatic heterocycles. The van der Waals surface area contributed by atoms with Crippen LogP contribution in [0.5, 0.6) is 0 Å². The van der Waals surface area contributed by atoms with E-state index < -0.39 is 0 Å². The van der Waals surface area contributed by atoms with Crippen LogP contribution in [0.3, 0.4) is 0 Å². The molecule has 0 unspecified atom stereocenters. The van der Waals surface area contributed by atoms with E-state index in [9.17, 15) is 0 Å². The van der Waals surface area contributed by atoms with Gasteiger partial charge in [-0.3, -0.25) is 5.41 Å². The highest BCUT2D eigenvalue weighted by Crippen LogP contribution is 1.95. The molecule has 1 aromatic rings. The number of rotatable bonds is 3. The van der Waals surface area contributed by atoms with Gasteiger partial charge in [0.25, 0.3) is 0 Å². The van der Waals surface area contributed by atoms with Crippen LogP contribution in [0.2, 0.25) is 0 Å². The van der Waals surface area contributed by atoms with Crippen LogP contribution in [-0.2, 0) is 0 Å². The summed E-state index contributed by atoms with van der Waals surface area (Å²) in [5.41, 5.74) is 13.8. The number of aromatic nitrogens is 1. The fraction of sp³-hybridized carbons (Fsp3) is 0. The molecule has 0 saturated carbocycles. The van der Waals surface area contributed by atoms with Gasteiger partial charge in [0.2, 0.25) is 5.96 Å². The highest BCUT2D eigenvalue weighted by molar-refractivity contribution is 5.93. The van der Waals surface area contributed by atoms with Gasteiger partial charge in [0.05, 0.1) is 11.9 Å². The first-order valence-electron chi connectivity index (χ1n) is 4.27. The van der Waals surface area contributed by atoms with Gasteiger partial charge in [0.15, 0.2) is 0 Å². The average molecular weight is 220 g/mol. The Morgan fingerprint density at radius 3 is 2.81 bits per heavy atom. The summed E-state index contributed by atoms with van der Waals surface area (Å²) in [6.45, 7) is 0. The lowest BCUT2D eigenvalue weighted by Gasteiger charge is -1.98. The Hall–Kier alpha value is -2.64. The van der Waals surface area contributed by atoms with Crippen LogP contribution in [0.25, 0.3) is 0 Å². The lowest BCUT2D eigenvalue weighted by atomic mass is 10.3. The number of amidine groups is 1. The van der Waals surface area contributed by atoms with Crippen molar-refractivity contribution in [2.45, 2.75) is 0 Å². The molecule has 0 aromatic carbocycles. The van der Waals surface area contributed by atoms with Gasteiger partial charge < -0.3 is 17.3 Å². The van der Waals surface area contributed by atoms with E-state index >= 15 is 0 Å². The lowest BCUT2D eigenvalue weighted by molar-refractivity contribution is 0.990. The number of pyridine rings is 1. The van der Waals surface area contributed by atoms with Crippen molar-refractivity contribution < 1.29 is 0 Å². The molecule has 8 N–H and O–H groups in total. The van der Waals surface area contributed by atoms with Crippen LogP contribution >= 0.6 is 0 Å². The number of hydrazone groups is 2. The van der Waals surface area contributed by atoms with Crippen molar-refractivity contribution in [3.05, 3.63) is 29.6 Å². The number of guanidine groups is 1. The fourth-order valence-corrected chi connectivity index (χ4v) is 0.867.